The van der Waals surface area contributed by atoms with Gasteiger partial charge in [0.2, 0.25) is 0 Å². The summed E-state index contributed by atoms with van der Waals surface area (Å²) in [7, 11) is 0. The second kappa shape index (κ2) is 3.35. The molecule has 0 nitrogen and oxygen atoms in total. The van der Waals surface area contributed by atoms with E-state index in [2.05, 4.69) is 37.8 Å². The normalized spacial score (nSPS) is 10.5. The Bertz CT molecular complexity index is 437. The first-order valence-corrected chi connectivity index (χ1v) is 5.22. The van der Waals surface area contributed by atoms with Gasteiger partial charge in [0.1, 0.15) is 0 Å². The Balaban J connectivity index is 2.70. The quantitative estimate of drug-likeness (QED) is 0.626. The van der Waals surface area contributed by atoms with Crippen LogP contribution in [0.25, 0.3) is 10.1 Å². The highest BCUT2D eigenvalue weighted by atomic mass is 32.1. The summed E-state index contributed by atoms with van der Waals surface area (Å²) in [4.78, 5) is 1.42. The lowest BCUT2D eigenvalue weighted by atomic mass is 10.1. The van der Waals surface area contributed by atoms with Crippen molar-refractivity contribution in [3.8, 4) is 0 Å². The van der Waals surface area contributed by atoms with Crippen molar-refractivity contribution in [2.24, 2.45) is 0 Å². The lowest BCUT2D eigenvalue weighted by Crippen LogP contribution is -1.79. The molecule has 0 amide bonds. The second-order valence-electron chi connectivity index (χ2n) is 3.13. The number of thiophene rings is 1. The SMILES string of the molecule is C=CCc1c(C)sc2ccccc12. The molecule has 1 heteroatoms. The molecule has 0 atom stereocenters. The van der Waals surface area contributed by atoms with E-state index in [-0.39, 0.29) is 0 Å². The van der Waals surface area contributed by atoms with Crippen molar-refractivity contribution in [1.29, 1.82) is 0 Å². The average molecular weight is 188 g/mol. The van der Waals surface area contributed by atoms with Crippen LogP contribution in [0.5, 0.6) is 0 Å². The molecule has 0 aliphatic rings. The Morgan fingerprint density at radius 1 is 1.38 bits per heavy atom. The van der Waals surface area contributed by atoms with E-state index in [0.717, 1.165) is 6.42 Å². The molecule has 1 heterocycles. The van der Waals surface area contributed by atoms with E-state index in [0.29, 0.717) is 0 Å². The van der Waals surface area contributed by atoms with Gasteiger partial charge in [-0.2, -0.15) is 0 Å². The Kier molecular flexibility index (Phi) is 2.19. The van der Waals surface area contributed by atoms with E-state index in [1.807, 2.05) is 17.4 Å². The first-order chi connectivity index (χ1) is 6.33. The van der Waals surface area contributed by atoms with Gasteiger partial charge in [-0.25, -0.2) is 0 Å². The fraction of sp³-hybridized carbons (Fsp3) is 0.167. The predicted molar refractivity (Wildman–Crippen MR) is 60.5 cm³/mol. The lowest BCUT2D eigenvalue weighted by Gasteiger charge is -1.95. The van der Waals surface area contributed by atoms with Crippen LogP contribution in [0.2, 0.25) is 0 Å². The Hall–Kier alpha value is -1.08. The first kappa shape index (κ1) is 8.52. The van der Waals surface area contributed by atoms with Gasteiger partial charge in [-0.15, -0.1) is 17.9 Å². The molecule has 66 valence electrons. The maximum atomic E-state index is 3.79. The van der Waals surface area contributed by atoms with Crippen LogP contribution < -0.4 is 0 Å². The number of rotatable bonds is 2. The molecular formula is C12H12S. The van der Waals surface area contributed by atoms with E-state index >= 15 is 0 Å². The Morgan fingerprint density at radius 2 is 2.15 bits per heavy atom. The third-order valence-electron chi connectivity index (χ3n) is 2.25. The lowest BCUT2D eigenvalue weighted by molar-refractivity contribution is 1.29. The Labute approximate surface area is 82.5 Å². The fourth-order valence-corrected chi connectivity index (χ4v) is 2.71. The molecular weight excluding hydrogens is 176 g/mol. The van der Waals surface area contributed by atoms with Crippen molar-refractivity contribution in [3.05, 3.63) is 47.4 Å². The maximum absolute atomic E-state index is 3.79. The van der Waals surface area contributed by atoms with Gasteiger partial charge >= 0.3 is 0 Å². The van der Waals surface area contributed by atoms with Gasteiger partial charge < -0.3 is 0 Å². The minimum Gasteiger partial charge on any atom is -0.140 e. The number of aryl methyl sites for hydroxylation is 1. The fourth-order valence-electron chi connectivity index (χ4n) is 1.62. The zero-order chi connectivity index (χ0) is 9.26. The van der Waals surface area contributed by atoms with Crippen LogP contribution in [0.4, 0.5) is 0 Å². The van der Waals surface area contributed by atoms with Crippen LogP contribution >= 0.6 is 11.3 Å². The van der Waals surface area contributed by atoms with Crippen molar-refractivity contribution >= 4 is 21.4 Å². The van der Waals surface area contributed by atoms with Gasteiger partial charge in [-0.3, -0.25) is 0 Å². The summed E-state index contributed by atoms with van der Waals surface area (Å²) in [5.41, 5.74) is 1.44. The standard InChI is InChI=1S/C12H12S/c1-3-6-10-9(2)13-12-8-5-4-7-11(10)12/h3-5,7-8H,1,6H2,2H3. The summed E-state index contributed by atoms with van der Waals surface area (Å²) < 4.78 is 1.39. The minimum atomic E-state index is 0.982. The van der Waals surface area contributed by atoms with Crippen LogP contribution in [0, 0.1) is 6.92 Å². The molecule has 0 saturated heterocycles. The molecule has 13 heavy (non-hydrogen) atoms. The molecule has 0 spiro atoms. The van der Waals surface area contributed by atoms with Crippen molar-refractivity contribution < 1.29 is 0 Å². The van der Waals surface area contributed by atoms with Crippen LogP contribution in [0.15, 0.2) is 36.9 Å². The van der Waals surface area contributed by atoms with E-state index in [4.69, 9.17) is 0 Å². The molecule has 0 radical (unpaired) electrons. The van der Waals surface area contributed by atoms with Crippen LogP contribution in [-0.4, -0.2) is 0 Å². The number of hydrogen-bond acceptors (Lipinski definition) is 1. The minimum absolute atomic E-state index is 0.982. The Morgan fingerprint density at radius 3 is 2.92 bits per heavy atom. The molecule has 0 N–H and O–H groups in total. The van der Waals surface area contributed by atoms with Crippen LogP contribution in [0.1, 0.15) is 10.4 Å². The number of allylic oxidation sites excluding steroid dienone is 1. The summed E-state index contributed by atoms with van der Waals surface area (Å²) in [6.45, 7) is 5.97. The molecule has 0 unspecified atom stereocenters. The van der Waals surface area contributed by atoms with E-state index in [1.165, 1.54) is 20.5 Å². The summed E-state index contributed by atoms with van der Waals surface area (Å²) in [5, 5.41) is 1.39. The van der Waals surface area contributed by atoms with E-state index in [9.17, 15) is 0 Å². The van der Waals surface area contributed by atoms with E-state index in [1.54, 1.807) is 0 Å². The second-order valence-corrected chi connectivity index (χ2v) is 4.38. The molecule has 0 saturated carbocycles. The summed E-state index contributed by atoms with van der Waals surface area (Å²) >= 11 is 1.87. The third kappa shape index (κ3) is 1.40. The smallest absolute Gasteiger partial charge is 0.0348 e. The van der Waals surface area contributed by atoms with Crippen LogP contribution in [0.3, 0.4) is 0 Å². The average Bonchev–Trinajstić information content (AvgIpc) is 2.44. The molecule has 0 bridgehead atoms. The number of benzene rings is 1. The predicted octanol–water partition coefficient (Wildman–Crippen LogP) is 3.94. The highest BCUT2D eigenvalue weighted by Gasteiger charge is 2.05. The zero-order valence-electron chi connectivity index (χ0n) is 7.71. The molecule has 2 aromatic rings. The van der Waals surface area contributed by atoms with Gasteiger partial charge in [0.25, 0.3) is 0 Å². The molecule has 0 aliphatic heterocycles. The van der Waals surface area contributed by atoms with Crippen molar-refractivity contribution in [2.75, 3.05) is 0 Å². The first-order valence-electron chi connectivity index (χ1n) is 4.41. The van der Waals surface area contributed by atoms with Gasteiger partial charge in [0, 0.05) is 9.58 Å². The number of fused-ring (bicyclic) bond motifs is 1. The topological polar surface area (TPSA) is 0 Å². The highest BCUT2D eigenvalue weighted by Crippen LogP contribution is 2.30. The van der Waals surface area contributed by atoms with Gasteiger partial charge in [-0.05, 0) is 30.4 Å². The maximum Gasteiger partial charge on any atom is 0.0348 e. The van der Waals surface area contributed by atoms with Gasteiger partial charge in [-0.1, -0.05) is 24.3 Å². The highest BCUT2D eigenvalue weighted by molar-refractivity contribution is 7.19. The molecule has 1 aromatic heterocycles. The molecule has 0 aliphatic carbocycles. The third-order valence-corrected chi connectivity index (χ3v) is 3.38. The van der Waals surface area contributed by atoms with Crippen LogP contribution in [-0.2, 0) is 6.42 Å². The monoisotopic (exact) mass is 188 g/mol. The van der Waals surface area contributed by atoms with E-state index < -0.39 is 0 Å². The molecule has 0 fully saturated rings. The summed E-state index contributed by atoms with van der Waals surface area (Å²) in [6, 6.07) is 8.56. The summed E-state index contributed by atoms with van der Waals surface area (Å²) in [5.74, 6) is 0. The van der Waals surface area contributed by atoms with Gasteiger partial charge in [0.15, 0.2) is 0 Å². The zero-order valence-corrected chi connectivity index (χ0v) is 8.53. The van der Waals surface area contributed by atoms with Crippen molar-refractivity contribution in [1.82, 2.24) is 0 Å². The number of hydrogen-bond donors (Lipinski definition) is 0. The molecule has 2 rings (SSSR count). The van der Waals surface area contributed by atoms with Crippen molar-refractivity contribution in [3.63, 3.8) is 0 Å². The van der Waals surface area contributed by atoms with Gasteiger partial charge in [0.05, 0.1) is 0 Å². The molecule has 1 aromatic carbocycles. The van der Waals surface area contributed by atoms with Crippen molar-refractivity contribution in [2.45, 2.75) is 13.3 Å². The summed E-state index contributed by atoms with van der Waals surface area (Å²) in [6.07, 6.45) is 2.96. The largest absolute Gasteiger partial charge is 0.140 e.